The van der Waals surface area contributed by atoms with E-state index in [1.807, 2.05) is 12.1 Å². The van der Waals surface area contributed by atoms with Gasteiger partial charge in [0.1, 0.15) is 18.4 Å². The van der Waals surface area contributed by atoms with Crippen molar-refractivity contribution in [3.8, 4) is 5.75 Å². The van der Waals surface area contributed by atoms with Crippen LogP contribution >= 0.6 is 23.4 Å². The zero-order valence-corrected chi connectivity index (χ0v) is 18.0. The molecule has 2 N–H and O–H groups in total. The van der Waals surface area contributed by atoms with Gasteiger partial charge in [0.25, 0.3) is 5.91 Å². The van der Waals surface area contributed by atoms with E-state index in [1.54, 1.807) is 36.7 Å². The van der Waals surface area contributed by atoms with Crippen LogP contribution < -0.4 is 10.2 Å². The van der Waals surface area contributed by atoms with Gasteiger partial charge in [-0.1, -0.05) is 30.7 Å². The van der Waals surface area contributed by atoms with Gasteiger partial charge in [-0.05, 0) is 42.0 Å². The molecule has 2 unspecified atom stereocenters. The molecule has 156 valence electrons. The number of hydrogen-bond donors (Lipinski definition) is 2. The minimum atomic E-state index is -3.91. The highest BCUT2D eigenvalue weighted by molar-refractivity contribution is 8.00. The van der Waals surface area contributed by atoms with E-state index in [2.05, 4.69) is 0 Å². The number of nitrogens with one attached hydrogen (secondary N) is 1. The van der Waals surface area contributed by atoms with Gasteiger partial charge in [-0.3, -0.25) is 10.0 Å². The minimum absolute atomic E-state index is 0.0578. The second-order valence-corrected chi connectivity index (χ2v) is 10.3. The van der Waals surface area contributed by atoms with E-state index in [1.165, 1.54) is 23.9 Å². The van der Waals surface area contributed by atoms with Gasteiger partial charge in [0.2, 0.25) is 10.0 Å². The number of ether oxygens (including phenoxy) is 1. The molecule has 1 saturated heterocycles. The molecule has 2 aromatic rings. The molecule has 3 rings (SSSR count). The van der Waals surface area contributed by atoms with Crippen molar-refractivity contribution in [2.45, 2.75) is 29.7 Å². The molecule has 2 aromatic carbocycles. The molecule has 2 atom stereocenters. The lowest BCUT2D eigenvalue weighted by molar-refractivity contribution is -0.133. The van der Waals surface area contributed by atoms with Crippen molar-refractivity contribution in [1.82, 2.24) is 9.79 Å². The first-order valence-corrected chi connectivity index (χ1v) is 11.7. The summed E-state index contributed by atoms with van der Waals surface area (Å²) in [6.45, 7) is 2.24. The van der Waals surface area contributed by atoms with Crippen molar-refractivity contribution >= 4 is 39.3 Å². The Hall–Kier alpha value is -1.78. The number of thioether (sulfide) groups is 1. The topological polar surface area (TPSA) is 95.9 Å². The highest BCUT2D eigenvalue weighted by Crippen LogP contribution is 2.30. The molecule has 7 nitrogen and oxygen atoms in total. The van der Waals surface area contributed by atoms with Crippen molar-refractivity contribution in [3.63, 3.8) is 0 Å². The van der Waals surface area contributed by atoms with Crippen LogP contribution in [-0.4, -0.2) is 47.4 Å². The lowest BCUT2D eigenvalue weighted by Gasteiger charge is -2.36. The third-order valence-corrected chi connectivity index (χ3v) is 7.88. The third-order valence-electron chi connectivity index (χ3n) is 4.55. The first-order chi connectivity index (χ1) is 13.8. The highest BCUT2D eigenvalue weighted by atomic mass is 35.5. The van der Waals surface area contributed by atoms with Crippen molar-refractivity contribution in [3.05, 3.63) is 59.1 Å². The predicted octanol–water partition coefficient (Wildman–Crippen LogP) is 2.92. The first kappa shape index (κ1) is 21.9. The van der Waals surface area contributed by atoms with E-state index < -0.39 is 22.0 Å². The van der Waals surface area contributed by atoms with E-state index in [0.717, 1.165) is 9.87 Å². The zero-order valence-electron chi connectivity index (χ0n) is 15.6. The third kappa shape index (κ3) is 5.04. The Morgan fingerprint density at radius 3 is 2.69 bits per heavy atom. The molecule has 0 aromatic heterocycles. The molecule has 0 radical (unpaired) electrons. The number of nitrogens with zero attached hydrogens (tertiary/aromatic N) is 1. The normalized spacial score (nSPS) is 20.2. The fourth-order valence-electron chi connectivity index (χ4n) is 3.11. The molecule has 0 aliphatic carbocycles. The first-order valence-electron chi connectivity index (χ1n) is 8.87. The summed E-state index contributed by atoms with van der Waals surface area (Å²) < 4.78 is 33.0. The van der Waals surface area contributed by atoms with Crippen LogP contribution in [-0.2, 0) is 21.4 Å². The Morgan fingerprint density at radius 2 is 2.03 bits per heavy atom. The SMILES string of the molecule is CC1SCCN(S(=O)(=O)c2ccc(OCc3cccc(Cl)c3)cc2)C1C(=O)NO. The highest BCUT2D eigenvalue weighted by Gasteiger charge is 2.41. The number of benzene rings is 2. The van der Waals surface area contributed by atoms with Crippen LogP contribution in [0, 0.1) is 0 Å². The van der Waals surface area contributed by atoms with Crippen molar-refractivity contribution in [2.24, 2.45) is 0 Å². The second-order valence-electron chi connectivity index (χ2n) is 6.50. The maximum atomic E-state index is 13.1. The monoisotopic (exact) mass is 456 g/mol. The molecule has 1 aliphatic rings. The van der Waals surface area contributed by atoms with Crippen LogP contribution in [0.1, 0.15) is 12.5 Å². The number of halogens is 1. The van der Waals surface area contributed by atoms with Gasteiger partial charge in [-0.25, -0.2) is 13.9 Å². The summed E-state index contributed by atoms with van der Waals surface area (Å²) in [5.74, 6) is 0.335. The number of carbonyl (C=O) groups excluding carboxylic acids is 1. The summed E-state index contributed by atoms with van der Waals surface area (Å²) in [6, 6.07) is 12.3. The molecule has 1 heterocycles. The smallest absolute Gasteiger partial charge is 0.262 e. The van der Waals surface area contributed by atoms with Crippen LogP contribution in [0.5, 0.6) is 5.75 Å². The van der Waals surface area contributed by atoms with Crippen molar-refractivity contribution in [2.75, 3.05) is 12.3 Å². The van der Waals surface area contributed by atoms with Gasteiger partial charge >= 0.3 is 0 Å². The number of amides is 1. The number of hydrogen-bond acceptors (Lipinski definition) is 6. The van der Waals surface area contributed by atoms with E-state index in [4.69, 9.17) is 21.5 Å². The van der Waals surface area contributed by atoms with Gasteiger partial charge in [0.05, 0.1) is 4.90 Å². The van der Waals surface area contributed by atoms with E-state index >= 15 is 0 Å². The second kappa shape index (κ2) is 9.36. The molecule has 10 heteroatoms. The van der Waals surface area contributed by atoms with E-state index in [-0.39, 0.29) is 16.7 Å². The Morgan fingerprint density at radius 1 is 1.31 bits per heavy atom. The van der Waals surface area contributed by atoms with Gasteiger partial charge in [0, 0.05) is 22.6 Å². The van der Waals surface area contributed by atoms with Gasteiger partial charge in [-0.2, -0.15) is 16.1 Å². The molecule has 0 spiro atoms. The summed E-state index contributed by atoms with van der Waals surface area (Å²) >= 11 is 7.44. The van der Waals surface area contributed by atoms with E-state index in [9.17, 15) is 13.2 Å². The lowest BCUT2D eigenvalue weighted by atomic mass is 10.2. The Balaban J connectivity index is 1.76. The molecular formula is C19H21ClN2O5S2. The molecular weight excluding hydrogens is 436 g/mol. The molecule has 0 saturated carbocycles. The Kier molecular flexibility index (Phi) is 7.07. The zero-order chi connectivity index (χ0) is 21.0. The summed E-state index contributed by atoms with van der Waals surface area (Å²) in [4.78, 5) is 12.1. The van der Waals surface area contributed by atoms with Crippen LogP contribution in [0.2, 0.25) is 5.02 Å². The molecule has 0 bridgehead atoms. The minimum Gasteiger partial charge on any atom is -0.489 e. The maximum absolute atomic E-state index is 13.1. The fourth-order valence-corrected chi connectivity index (χ4v) is 6.30. The molecule has 29 heavy (non-hydrogen) atoms. The van der Waals surface area contributed by atoms with Gasteiger partial charge in [0.15, 0.2) is 0 Å². The number of carbonyl (C=O) groups is 1. The fraction of sp³-hybridized carbons (Fsp3) is 0.316. The Bertz CT molecular complexity index is 969. The van der Waals surface area contributed by atoms with Gasteiger partial charge in [-0.15, -0.1) is 0 Å². The summed E-state index contributed by atoms with van der Waals surface area (Å²) in [5.41, 5.74) is 2.47. The quantitative estimate of drug-likeness (QED) is 0.512. The largest absolute Gasteiger partial charge is 0.489 e. The predicted molar refractivity (Wildman–Crippen MR) is 112 cm³/mol. The number of hydroxylamine groups is 1. The molecule has 1 aliphatic heterocycles. The average molecular weight is 457 g/mol. The molecule has 1 fully saturated rings. The maximum Gasteiger partial charge on any atom is 0.262 e. The van der Waals surface area contributed by atoms with Crippen LogP contribution in [0.15, 0.2) is 53.4 Å². The van der Waals surface area contributed by atoms with Crippen LogP contribution in [0.3, 0.4) is 0 Å². The van der Waals surface area contributed by atoms with Crippen LogP contribution in [0.4, 0.5) is 0 Å². The van der Waals surface area contributed by atoms with Crippen molar-refractivity contribution < 1.29 is 23.2 Å². The lowest BCUT2D eigenvalue weighted by Crippen LogP contribution is -2.56. The summed E-state index contributed by atoms with van der Waals surface area (Å²) in [7, 11) is -3.91. The summed E-state index contributed by atoms with van der Waals surface area (Å²) in [5, 5.41) is 9.34. The van der Waals surface area contributed by atoms with E-state index in [0.29, 0.717) is 23.1 Å². The number of rotatable bonds is 6. The number of sulfonamides is 1. The van der Waals surface area contributed by atoms with Crippen LogP contribution in [0.25, 0.3) is 0 Å². The Labute approximate surface area is 179 Å². The molecule has 1 amide bonds. The summed E-state index contributed by atoms with van der Waals surface area (Å²) in [6.07, 6.45) is 0. The standard InChI is InChI=1S/C19H21ClN2O5S2/c1-13-18(19(23)21-24)22(9-10-28-13)29(25,26)17-7-5-16(6-8-17)27-12-14-3-2-4-15(20)11-14/h2-8,11,13,18,24H,9-10,12H2,1H3,(H,21,23). The van der Waals surface area contributed by atoms with Crippen molar-refractivity contribution in [1.29, 1.82) is 0 Å². The van der Waals surface area contributed by atoms with Gasteiger partial charge < -0.3 is 4.74 Å². The average Bonchev–Trinajstić information content (AvgIpc) is 2.72.